The van der Waals surface area contributed by atoms with E-state index in [4.69, 9.17) is 14.6 Å². The topological polar surface area (TPSA) is 105 Å². The van der Waals surface area contributed by atoms with Crippen LogP contribution in [0.4, 0.5) is 16.4 Å². The second-order valence-electron chi connectivity index (χ2n) is 11.0. The molecular formula is C29H34N6O3. The third-order valence-corrected chi connectivity index (χ3v) is 6.72. The molecule has 0 radical (unpaired) electrons. The van der Waals surface area contributed by atoms with E-state index in [0.717, 1.165) is 24.0 Å². The molecule has 1 aliphatic heterocycles. The van der Waals surface area contributed by atoms with E-state index in [-0.39, 0.29) is 12.1 Å². The summed E-state index contributed by atoms with van der Waals surface area (Å²) in [5.74, 6) is 2.63. The minimum absolute atomic E-state index is 0.216. The predicted molar refractivity (Wildman–Crippen MR) is 144 cm³/mol. The van der Waals surface area contributed by atoms with Crippen LogP contribution < -0.4 is 10.1 Å². The van der Waals surface area contributed by atoms with Gasteiger partial charge in [-0.2, -0.15) is 10.4 Å². The van der Waals surface area contributed by atoms with Crippen molar-refractivity contribution in [2.75, 3.05) is 25.0 Å². The van der Waals surface area contributed by atoms with Gasteiger partial charge in [-0.1, -0.05) is 6.07 Å². The maximum atomic E-state index is 12.3. The molecule has 38 heavy (non-hydrogen) atoms. The summed E-state index contributed by atoms with van der Waals surface area (Å²) in [6.45, 7) is 7.59. The van der Waals surface area contributed by atoms with E-state index in [1.165, 1.54) is 12.8 Å². The first-order chi connectivity index (χ1) is 18.3. The Balaban J connectivity index is 1.20. The molecule has 1 N–H and O–H groups in total. The molecule has 5 rings (SSSR count). The number of hydrogen-bond acceptors (Lipinski definition) is 7. The highest BCUT2D eigenvalue weighted by atomic mass is 16.6. The number of amides is 1. The quantitative estimate of drug-likeness (QED) is 0.417. The van der Waals surface area contributed by atoms with Crippen molar-refractivity contribution in [1.82, 2.24) is 19.7 Å². The molecular weight excluding hydrogens is 480 g/mol. The van der Waals surface area contributed by atoms with Gasteiger partial charge in [0.05, 0.1) is 18.2 Å². The number of pyridine rings is 1. The summed E-state index contributed by atoms with van der Waals surface area (Å²) >= 11 is 0. The number of anilines is 2. The maximum Gasteiger partial charge on any atom is 0.410 e. The summed E-state index contributed by atoms with van der Waals surface area (Å²) in [5.41, 5.74) is 1.91. The fourth-order valence-corrected chi connectivity index (χ4v) is 4.47. The molecule has 0 unspecified atom stereocenters. The van der Waals surface area contributed by atoms with Gasteiger partial charge in [-0.3, -0.25) is 4.68 Å². The molecule has 2 fully saturated rings. The van der Waals surface area contributed by atoms with Crippen LogP contribution in [0.2, 0.25) is 0 Å². The van der Waals surface area contributed by atoms with Crippen LogP contribution in [0.3, 0.4) is 0 Å². The smallest absolute Gasteiger partial charge is 0.410 e. The van der Waals surface area contributed by atoms with E-state index in [1.807, 2.05) is 68.0 Å². The van der Waals surface area contributed by atoms with Crippen LogP contribution in [-0.2, 0) is 4.74 Å². The highest BCUT2D eigenvalue weighted by Crippen LogP contribution is 2.32. The van der Waals surface area contributed by atoms with Crippen LogP contribution >= 0.6 is 0 Å². The number of rotatable bonds is 7. The second kappa shape index (κ2) is 10.7. The van der Waals surface area contributed by atoms with Gasteiger partial charge in [-0.15, -0.1) is 0 Å². The summed E-state index contributed by atoms with van der Waals surface area (Å²) in [7, 11) is 0. The summed E-state index contributed by atoms with van der Waals surface area (Å²) in [6.07, 6.45) is 7.48. The molecule has 2 aliphatic rings. The minimum Gasteiger partial charge on any atom is -0.492 e. The van der Waals surface area contributed by atoms with E-state index >= 15 is 0 Å². The number of nitriles is 1. The highest BCUT2D eigenvalue weighted by molar-refractivity contribution is 5.70. The fraction of sp³-hybridized carbons (Fsp3) is 0.448. The Bertz CT molecular complexity index is 1330. The number of likely N-dealkylation sites (tertiary alicyclic amines) is 1. The zero-order chi connectivity index (χ0) is 26.7. The Morgan fingerprint density at radius 2 is 1.84 bits per heavy atom. The van der Waals surface area contributed by atoms with E-state index in [1.54, 1.807) is 11.1 Å². The van der Waals surface area contributed by atoms with E-state index in [9.17, 15) is 10.1 Å². The largest absolute Gasteiger partial charge is 0.492 e. The zero-order valence-electron chi connectivity index (χ0n) is 22.2. The van der Waals surface area contributed by atoms with Crippen molar-refractivity contribution in [2.24, 2.45) is 5.92 Å². The molecule has 198 valence electrons. The summed E-state index contributed by atoms with van der Waals surface area (Å²) in [6, 6.07) is 14.0. The number of carbonyl (C=O) groups is 1. The van der Waals surface area contributed by atoms with Crippen molar-refractivity contribution in [1.29, 1.82) is 5.26 Å². The summed E-state index contributed by atoms with van der Waals surface area (Å²) in [5, 5.41) is 17.6. The van der Waals surface area contributed by atoms with Crippen molar-refractivity contribution in [2.45, 2.75) is 58.1 Å². The van der Waals surface area contributed by atoms with Gasteiger partial charge in [0, 0.05) is 31.5 Å². The van der Waals surface area contributed by atoms with Gasteiger partial charge in [0.25, 0.3) is 0 Å². The van der Waals surface area contributed by atoms with Crippen molar-refractivity contribution >= 4 is 17.7 Å². The fourth-order valence-electron chi connectivity index (χ4n) is 4.47. The summed E-state index contributed by atoms with van der Waals surface area (Å²) < 4.78 is 13.3. The van der Waals surface area contributed by atoms with Gasteiger partial charge in [0.1, 0.15) is 23.2 Å². The van der Waals surface area contributed by atoms with Crippen molar-refractivity contribution in [3.8, 4) is 22.9 Å². The standard InChI is InChI=1S/C29H34N6O3/c1-29(2,3)38-28(36)34-13-9-24(10-14-34)35-15-11-26(33-35)32-27-17-22(8-12-31-27)21-6-7-25(23(16-21)18-30)37-19-20-4-5-20/h6-8,11-12,15-17,20,24H,4-5,9-10,13-14,19H2,1-3H3,(H,31,32,33). The Morgan fingerprint density at radius 1 is 1.08 bits per heavy atom. The Kier molecular flexibility index (Phi) is 7.23. The third kappa shape index (κ3) is 6.43. The number of aromatic nitrogens is 3. The van der Waals surface area contributed by atoms with Crippen molar-refractivity contribution in [3.05, 3.63) is 54.4 Å². The lowest BCUT2D eigenvalue weighted by Crippen LogP contribution is -2.42. The number of piperidine rings is 1. The molecule has 1 saturated heterocycles. The molecule has 2 aromatic heterocycles. The lowest BCUT2D eigenvalue weighted by Gasteiger charge is -2.33. The van der Waals surface area contributed by atoms with E-state index < -0.39 is 5.60 Å². The third-order valence-electron chi connectivity index (χ3n) is 6.72. The Morgan fingerprint density at radius 3 is 2.55 bits per heavy atom. The van der Waals surface area contributed by atoms with Gasteiger partial charge >= 0.3 is 6.09 Å². The van der Waals surface area contributed by atoms with Gasteiger partial charge in [-0.05, 0) is 87.8 Å². The molecule has 1 amide bonds. The molecule has 9 heteroatoms. The monoisotopic (exact) mass is 514 g/mol. The Hall–Kier alpha value is -4.06. The molecule has 3 heterocycles. The maximum absolute atomic E-state index is 12.3. The number of ether oxygens (including phenoxy) is 2. The Labute approximate surface area is 223 Å². The van der Waals surface area contributed by atoms with Crippen LogP contribution in [0, 0.1) is 17.2 Å². The average Bonchev–Trinajstić information content (AvgIpc) is 3.62. The van der Waals surface area contributed by atoms with Crippen molar-refractivity contribution in [3.63, 3.8) is 0 Å². The van der Waals surface area contributed by atoms with Crippen molar-refractivity contribution < 1.29 is 14.3 Å². The first-order valence-corrected chi connectivity index (χ1v) is 13.2. The number of hydrogen-bond donors (Lipinski definition) is 1. The number of nitrogens with one attached hydrogen (secondary N) is 1. The van der Waals surface area contributed by atoms with E-state index in [0.29, 0.717) is 48.6 Å². The van der Waals surface area contributed by atoms with Crippen LogP contribution in [-0.4, -0.2) is 51.1 Å². The highest BCUT2D eigenvalue weighted by Gasteiger charge is 2.28. The second-order valence-corrected chi connectivity index (χ2v) is 11.0. The molecule has 1 aliphatic carbocycles. The number of nitrogens with zero attached hydrogens (tertiary/aromatic N) is 5. The zero-order valence-corrected chi connectivity index (χ0v) is 22.2. The van der Waals surface area contributed by atoms with Gasteiger partial charge in [0.15, 0.2) is 5.82 Å². The summed E-state index contributed by atoms with van der Waals surface area (Å²) in [4.78, 5) is 18.6. The molecule has 3 aromatic rings. The van der Waals surface area contributed by atoms with Gasteiger partial charge < -0.3 is 19.7 Å². The number of benzene rings is 1. The minimum atomic E-state index is -0.493. The predicted octanol–water partition coefficient (Wildman–Crippen LogP) is 5.92. The molecule has 0 bridgehead atoms. The molecule has 0 atom stereocenters. The molecule has 0 spiro atoms. The van der Waals surface area contributed by atoms with E-state index in [2.05, 4.69) is 16.4 Å². The molecule has 1 saturated carbocycles. The van der Waals surface area contributed by atoms with Crippen LogP contribution in [0.5, 0.6) is 5.75 Å². The van der Waals surface area contributed by atoms with Gasteiger partial charge in [-0.25, -0.2) is 9.78 Å². The lowest BCUT2D eigenvalue weighted by atomic mass is 10.0. The van der Waals surface area contributed by atoms with Crippen LogP contribution in [0.1, 0.15) is 58.1 Å². The SMILES string of the molecule is CC(C)(C)OC(=O)N1CCC(n2ccc(Nc3cc(-c4ccc(OCC5CC5)c(C#N)c4)ccn3)n2)CC1. The first kappa shape index (κ1) is 25.6. The average molecular weight is 515 g/mol. The first-order valence-electron chi connectivity index (χ1n) is 13.2. The normalized spacial score (nSPS) is 16.1. The van der Waals surface area contributed by atoms with Gasteiger partial charge in [0.2, 0.25) is 0 Å². The number of carbonyl (C=O) groups excluding carboxylic acids is 1. The molecule has 9 nitrogen and oxygen atoms in total. The lowest BCUT2D eigenvalue weighted by molar-refractivity contribution is 0.0185. The van der Waals surface area contributed by atoms with Crippen LogP contribution in [0.25, 0.3) is 11.1 Å². The molecule has 1 aromatic carbocycles. The van der Waals surface area contributed by atoms with Crippen LogP contribution in [0.15, 0.2) is 48.8 Å².